The van der Waals surface area contributed by atoms with Gasteiger partial charge < -0.3 is 14.6 Å². The summed E-state index contributed by atoms with van der Waals surface area (Å²) in [7, 11) is 0. The molecule has 2 fully saturated rings. The quantitative estimate of drug-likeness (QED) is 0.559. The molecule has 1 N–H and O–H groups in total. The van der Waals surface area contributed by atoms with E-state index in [1.54, 1.807) is 24.3 Å². The normalized spacial score (nSPS) is 17.8. The molecule has 2 amide bonds. The first-order valence-electron chi connectivity index (χ1n) is 10.1. The van der Waals surface area contributed by atoms with E-state index in [9.17, 15) is 9.59 Å². The van der Waals surface area contributed by atoms with Gasteiger partial charge in [0.1, 0.15) is 13.2 Å². The molecular formula is C23H18Cl2N4O7. The Morgan fingerprint density at radius 3 is 1.78 bits per heavy atom. The molecule has 4 rings (SSSR count). The highest BCUT2D eigenvalue weighted by Gasteiger charge is 2.34. The molecule has 2 aliphatic rings. The van der Waals surface area contributed by atoms with E-state index in [-0.39, 0.29) is 36.5 Å². The number of aliphatic hydroxyl groups is 1. The third-order valence-corrected chi connectivity index (χ3v) is 5.52. The maximum absolute atomic E-state index is 11.5. The number of carbonyl (C=O) groups is 2. The van der Waals surface area contributed by atoms with Crippen molar-refractivity contribution in [3.63, 3.8) is 0 Å². The molecule has 186 valence electrons. The maximum atomic E-state index is 11.5. The Labute approximate surface area is 216 Å². The van der Waals surface area contributed by atoms with Gasteiger partial charge in [-0.05, 0) is 31.2 Å². The van der Waals surface area contributed by atoms with Crippen LogP contribution < -0.4 is 9.80 Å². The number of carbonyl (C=O) groups excluding carboxylic acids is 4. The summed E-state index contributed by atoms with van der Waals surface area (Å²) >= 11 is 11.8. The molecule has 2 atom stereocenters. The van der Waals surface area contributed by atoms with Gasteiger partial charge in [0, 0.05) is 21.4 Å². The molecule has 2 heterocycles. The summed E-state index contributed by atoms with van der Waals surface area (Å²) in [6, 6.07) is 9.15. The van der Waals surface area contributed by atoms with Gasteiger partial charge in [0.2, 0.25) is 11.4 Å². The van der Waals surface area contributed by atoms with Crippen LogP contribution in [0.25, 0.3) is 9.69 Å². The molecule has 2 saturated heterocycles. The third-order valence-electron chi connectivity index (χ3n) is 4.92. The van der Waals surface area contributed by atoms with E-state index >= 15 is 0 Å². The van der Waals surface area contributed by atoms with Crippen molar-refractivity contribution in [2.24, 2.45) is 0 Å². The molecule has 0 aromatic heterocycles. The van der Waals surface area contributed by atoms with Crippen LogP contribution in [0.3, 0.4) is 0 Å². The summed E-state index contributed by atoms with van der Waals surface area (Å²) in [6.07, 6.45) is -0.644. The first-order chi connectivity index (χ1) is 17.2. The highest BCUT2D eigenvalue weighted by atomic mass is 35.5. The molecule has 2 aliphatic heterocycles. The van der Waals surface area contributed by atoms with E-state index in [4.69, 9.17) is 60.5 Å². The lowest BCUT2D eigenvalue weighted by atomic mass is 10.2. The van der Waals surface area contributed by atoms with Crippen LogP contribution in [0.2, 0.25) is 10.0 Å². The Hall–Kier alpha value is -4.12. The maximum Gasteiger partial charge on any atom is 0.414 e. The van der Waals surface area contributed by atoms with Crippen LogP contribution >= 0.6 is 23.2 Å². The van der Waals surface area contributed by atoms with E-state index in [0.29, 0.717) is 34.4 Å². The van der Waals surface area contributed by atoms with Crippen LogP contribution in [0.1, 0.15) is 6.92 Å². The van der Waals surface area contributed by atoms with Gasteiger partial charge in [0.15, 0.2) is 0 Å². The van der Waals surface area contributed by atoms with Gasteiger partial charge in [-0.3, -0.25) is 9.80 Å². The lowest BCUT2D eigenvalue weighted by Crippen LogP contribution is -2.35. The summed E-state index contributed by atoms with van der Waals surface area (Å²) < 4.78 is 9.76. The summed E-state index contributed by atoms with van der Waals surface area (Å²) in [5.41, 5.74) is 1.88. The van der Waals surface area contributed by atoms with Gasteiger partial charge in [-0.25, -0.2) is 19.3 Å². The van der Waals surface area contributed by atoms with Crippen LogP contribution in [0.5, 0.6) is 0 Å². The highest BCUT2D eigenvalue weighted by Crippen LogP contribution is 2.33. The number of aliphatic hydroxyl groups excluding tert-OH is 1. The number of anilines is 2. The number of nitrogens with zero attached hydrogens (tertiary/aromatic N) is 4. The first-order valence-corrected chi connectivity index (χ1v) is 10.8. The topological polar surface area (TPSA) is 122 Å². The summed E-state index contributed by atoms with van der Waals surface area (Å²) in [4.78, 5) is 48.5. The van der Waals surface area contributed by atoms with Crippen LogP contribution in [0, 0.1) is 13.1 Å². The fourth-order valence-electron chi connectivity index (χ4n) is 3.26. The molecule has 2 aromatic carbocycles. The molecule has 0 spiro atoms. The van der Waals surface area contributed by atoms with Crippen molar-refractivity contribution in [2.45, 2.75) is 19.0 Å². The molecule has 11 nitrogen and oxygen atoms in total. The number of ether oxygens (including phenoxy) is 2. The number of amides is 2. The van der Waals surface area contributed by atoms with Gasteiger partial charge in [0.05, 0.1) is 31.8 Å². The first kappa shape index (κ1) is 28.1. The minimum absolute atomic E-state index is 0.0117. The minimum atomic E-state index is -0.518. The second-order valence-electron chi connectivity index (χ2n) is 7.16. The molecule has 13 heteroatoms. The Kier molecular flexibility index (Phi) is 10.2. The van der Waals surface area contributed by atoms with Crippen LogP contribution in [-0.4, -0.2) is 55.3 Å². The molecule has 0 bridgehead atoms. The average molecular weight is 533 g/mol. The molecule has 2 aromatic rings. The Bertz CT molecular complexity index is 1250. The van der Waals surface area contributed by atoms with Crippen molar-refractivity contribution in [3.05, 3.63) is 69.3 Å². The van der Waals surface area contributed by atoms with E-state index < -0.39 is 12.1 Å². The SMILES string of the molecule is O=C=O.[C-]#[N+]c1ccc(N2C(=O)OC[C@@H]2C)cc1Cl.[C-]#[N+]c1ccc(N2C(=O)OC[C@@H]2CO)cc1Cl. The number of hydrogen-bond acceptors (Lipinski definition) is 7. The fraction of sp³-hybridized carbons (Fsp3) is 0.261. The van der Waals surface area contributed by atoms with Crippen molar-refractivity contribution in [3.8, 4) is 0 Å². The Balaban J connectivity index is 0.000000229. The van der Waals surface area contributed by atoms with Crippen molar-refractivity contribution < 1.29 is 33.8 Å². The molecular weight excluding hydrogens is 515 g/mol. The summed E-state index contributed by atoms with van der Waals surface area (Å²) in [5.74, 6) is 0. The number of cyclic esters (lactones) is 2. The predicted molar refractivity (Wildman–Crippen MR) is 128 cm³/mol. The Morgan fingerprint density at radius 2 is 1.39 bits per heavy atom. The lowest BCUT2D eigenvalue weighted by molar-refractivity contribution is -0.191. The van der Waals surface area contributed by atoms with Crippen molar-refractivity contribution in [1.82, 2.24) is 0 Å². The number of rotatable bonds is 3. The van der Waals surface area contributed by atoms with Crippen LogP contribution in [0.4, 0.5) is 32.3 Å². The predicted octanol–water partition coefficient (Wildman–Crippen LogP) is 4.86. The van der Waals surface area contributed by atoms with Crippen LogP contribution in [-0.2, 0) is 19.1 Å². The zero-order valence-corrected chi connectivity index (χ0v) is 20.2. The van der Waals surface area contributed by atoms with Crippen LogP contribution in [0.15, 0.2) is 36.4 Å². The Morgan fingerprint density at radius 1 is 0.944 bits per heavy atom. The zero-order valence-electron chi connectivity index (χ0n) is 18.7. The lowest BCUT2D eigenvalue weighted by Gasteiger charge is -2.19. The third kappa shape index (κ3) is 6.51. The molecule has 0 saturated carbocycles. The zero-order chi connectivity index (χ0) is 26.8. The van der Waals surface area contributed by atoms with Gasteiger partial charge in [-0.15, -0.1) is 0 Å². The summed E-state index contributed by atoms with van der Waals surface area (Å²) in [5, 5.41) is 9.75. The molecule has 0 aliphatic carbocycles. The van der Waals surface area contributed by atoms with E-state index in [2.05, 4.69) is 9.69 Å². The molecule has 0 unspecified atom stereocenters. The largest absolute Gasteiger partial charge is 0.447 e. The van der Waals surface area contributed by atoms with E-state index in [1.165, 1.54) is 21.9 Å². The monoisotopic (exact) mass is 532 g/mol. The van der Waals surface area contributed by atoms with Gasteiger partial charge >= 0.3 is 18.3 Å². The molecule has 36 heavy (non-hydrogen) atoms. The van der Waals surface area contributed by atoms with Gasteiger partial charge in [0.25, 0.3) is 0 Å². The standard InChI is InChI=1S/C11H9ClN2O3.C11H9ClN2O2.CO2/c1-13-10-3-2-7(4-9(10)12)14-8(5-15)6-17-11(14)16;1-7-6-16-11(15)14(7)8-3-4-10(13-2)9(12)5-8;2-1-3/h2-4,8,15H,5-6H2;3-5,7H,6H2,1H3;/t8-;7-;/m00./s1. The average Bonchev–Trinajstić information content (AvgIpc) is 3.40. The second-order valence-corrected chi connectivity index (χ2v) is 7.97. The molecule has 0 radical (unpaired) electrons. The van der Waals surface area contributed by atoms with Gasteiger partial charge in [-0.2, -0.15) is 9.59 Å². The second kappa shape index (κ2) is 13.1. The van der Waals surface area contributed by atoms with Crippen molar-refractivity contribution in [1.29, 1.82) is 0 Å². The fourth-order valence-corrected chi connectivity index (χ4v) is 3.69. The van der Waals surface area contributed by atoms with Crippen molar-refractivity contribution in [2.75, 3.05) is 29.6 Å². The van der Waals surface area contributed by atoms with E-state index in [1.807, 2.05) is 6.92 Å². The summed E-state index contributed by atoms with van der Waals surface area (Å²) in [6.45, 7) is 16.0. The highest BCUT2D eigenvalue weighted by molar-refractivity contribution is 6.34. The van der Waals surface area contributed by atoms with Crippen molar-refractivity contribution >= 4 is 64.3 Å². The smallest absolute Gasteiger partial charge is 0.414 e. The van der Waals surface area contributed by atoms with E-state index in [0.717, 1.165) is 0 Å². The number of halogens is 2. The van der Waals surface area contributed by atoms with Gasteiger partial charge in [-0.1, -0.05) is 35.3 Å². The minimum Gasteiger partial charge on any atom is -0.447 e. The number of hydrogen-bond donors (Lipinski definition) is 1. The number of benzene rings is 2.